The van der Waals surface area contributed by atoms with Gasteiger partial charge in [-0.2, -0.15) is 4.31 Å². The third-order valence-electron chi connectivity index (χ3n) is 4.91. The Labute approximate surface area is 175 Å². The number of carbonyl (C=O) groups is 1. The molecule has 0 radical (unpaired) electrons. The highest BCUT2D eigenvalue weighted by atomic mass is 35.5. The van der Waals surface area contributed by atoms with Crippen molar-refractivity contribution in [1.29, 1.82) is 0 Å². The Bertz CT molecular complexity index is 924. The number of esters is 1. The molecule has 158 valence electrons. The van der Waals surface area contributed by atoms with Gasteiger partial charge in [0, 0.05) is 24.7 Å². The third kappa shape index (κ3) is 5.31. The third-order valence-corrected chi connectivity index (χ3v) is 7.08. The van der Waals surface area contributed by atoms with Crippen LogP contribution in [-0.4, -0.2) is 52.0 Å². The van der Waals surface area contributed by atoms with Gasteiger partial charge in [0.25, 0.3) is 0 Å². The predicted molar refractivity (Wildman–Crippen MR) is 105 cm³/mol. The molecule has 2 aromatic rings. The average Bonchev–Trinajstić information content (AvgIpc) is 3.18. The molecule has 9 nitrogen and oxygen atoms in total. The molecule has 0 atom stereocenters. The summed E-state index contributed by atoms with van der Waals surface area (Å²) in [7, 11) is -3.60. The number of unbranched alkanes of at least 4 members (excludes halogenated alkanes) is 1. The largest absolute Gasteiger partial charge is 0.457 e. The first-order chi connectivity index (χ1) is 13.9. The van der Waals surface area contributed by atoms with Crippen LogP contribution in [-0.2, 0) is 32.7 Å². The van der Waals surface area contributed by atoms with E-state index in [-0.39, 0.29) is 36.5 Å². The van der Waals surface area contributed by atoms with Gasteiger partial charge in [0.05, 0.1) is 10.8 Å². The molecule has 1 aromatic carbocycles. The number of aromatic nitrogens is 4. The van der Waals surface area contributed by atoms with Crippen LogP contribution in [0.15, 0.2) is 29.2 Å². The summed E-state index contributed by atoms with van der Waals surface area (Å²) in [5.74, 6) is -0.181. The Morgan fingerprint density at radius 2 is 1.93 bits per heavy atom. The molecule has 0 amide bonds. The number of hydrogen-bond donors (Lipinski definition) is 0. The van der Waals surface area contributed by atoms with Crippen LogP contribution in [0.2, 0.25) is 5.02 Å². The Morgan fingerprint density at radius 1 is 1.24 bits per heavy atom. The van der Waals surface area contributed by atoms with E-state index in [0.717, 1.165) is 12.8 Å². The number of rotatable bonds is 8. The van der Waals surface area contributed by atoms with Crippen molar-refractivity contribution in [3.63, 3.8) is 0 Å². The molecule has 11 heteroatoms. The van der Waals surface area contributed by atoms with E-state index in [1.165, 1.54) is 16.4 Å². The van der Waals surface area contributed by atoms with Gasteiger partial charge in [-0.05, 0) is 54.0 Å². The van der Waals surface area contributed by atoms with Crippen molar-refractivity contribution in [2.45, 2.75) is 50.7 Å². The van der Waals surface area contributed by atoms with Gasteiger partial charge in [0.1, 0.15) is 0 Å². The molecule has 0 saturated carbocycles. The van der Waals surface area contributed by atoms with Gasteiger partial charge in [-0.1, -0.05) is 24.9 Å². The van der Waals surface area contributed by atoms with Crippen molar-refractivity contribution in [2.24, 2.45) is 5.92 Å². The molecule has 0 spiro atoms. The number of carbonyl (C=O) groups excluding carboxylic acids is 1. The smallest absolute Gasteiger partial charge is 0.309 e. The molecule has 0 aliphatic carbocycles. The number of ether oxygens (including phenoxy) is 1. The SMILES string of the molecule is CCCCn1nnnc1COC(=O)C1CCN(S(=O)(=O)c2ccc(Cl)cc2)CC1. The number of halogens is 1. The van der Waals surface area contributed by atoms with E-state index in [2.05, 4.69) is 22.4 Å². The van der Waals surface area contributed by atoms with Crippen LogP contribution in [0.5, 0.6) is 0 Å². The van der Waals surface area contributed by atoms with Gasteiger partial charge < -0.3 is 4.74 Å². The zero-order valence-corrected chi connectivity index (χ0v) is 17.8. The first-order valence-corrected chi connectivity index (χ1v) is 11.4. The van der Waals surface area contributed by atoms with Gasteiger partial charge in [0.15, 0.2) is 12.4 Å². The Morgan fingerprint density at radius 3 is 2.59 bits per heavy atom. The maximum atomic E-state index is 12.7. The summed E-state index contributed by atoms with van der Waals surface area (Å²) in [6.07, 6.45) is 2.77. The number of nitrogens with zero attached hydrogens (tertiary/aromatic N) is 5. The Kier molecular flexibility index (Phi) is 7.20. The Balaban J connectivity index is 1.52. The molecule has 1 fully saturated rings. The quantitative estimate of drug-likeness (QED) is 0.578. The molecule has 0 unspecified atom stereocenters. The normalized spacial score (nSPS) is 16.1. The number of benzene rings is 1. The lowest BCUT2D eigenvalue weighted by Gasteiger charge is -2.30. The van der Waals surface area contributed by atoms with Gasteiger partial charge in [-0.3, -0.25) is 4.79 Å². The van der Waals surface area contributed by atoms with Crippen molar-refractivity contribution in [3.05, 3.63) is 35.1 Å². The topological polar surface area (TPSA) is 107 Å². The fourth-order valence-corrected chi connectivity index (χ4v) is 4.74. The maximum Gasteiger partial charge on any atom is 0.309 e. The number of piperidine rings is 1. The van der Waals surface area contributed by atoms with E-state index in [0.29, 0.717) is 30.2 Å². The van der Waals surface area contributed by atoms with Gasteiger partial charge >= 0.3 is 5.97 Å². The van der Waals surface area contributed by atoms with Crippen molar-refractivity contribution in [2.75, 3.05) is 13.1 Å². The van der Waals surface area contributed by atoms with E-state index in [1.807, 2.05) is 0 Å². The molecule has 1 aliphatic rings. The average molecular weight is 442 g/mol. The minimum Gasteiger partial charge on any atom is -0.457 e. The molecular weight excluding hydrogens is 418 g/mol. The van der Waals surface area contributed by atoms with Crippen molar-refractivity contribution >= 4 is 27.6 Å². The summed E-state index contributed by atoms with van der Waals surface area (Å²) >= 11 is 5.83. The zero-order valence-electron chi connectivity index (χ0n) is 16.2. The second-order valence-electron chi connectivity index (χ2n) is 6.91. The number of sulfonamides is 1. The zero-order chi connectivity index (χ0) is 20.9. The summed E-state index contributed by atoms with van der Waals surface area (Å²) in [5, 5.41) is 11.9. The lowest BCUT2D eigenvalue weighted by atomic mass is 9.98. The van der Waals surface area contributed by atoms with Crippen LogP contribution in [0.3, 0.4) is 0 Å². The maximum absolute atomic E-state index is 12.7. The van der Waals surface area contributed by atoms with Crippen molar-refractivity contribution in [1.82, 2.24) is 24.5 Å². The lowest BCUT2D eigenvalue weighted by Crippen LogP contribution is -2.40. The van der Waals surface area contributed by atoms with Crippen LogP contribution < -0.4 is 0 Å². The van der Waals surface area contributed by atoms with Gasteiger partial charge in [-0.25, -0.2) is 13.1 Å². The van der Waals surface area contributed by atoms with E-state index >= 15 is 0 Å². The highest BCUT2D eigenvalue weighted by molar-refractivity contribution is 7.89. The van der Waals surface area contributed by atoms with E-state index in [1.54, 1.807) is 16.8 Å². The summed E-state index contributed by atoms with van der Waals surface area (Å²) in [4.78, 5) is 12.6. The second kappa shape index (κ2) is 9.64. The number of hydrogen-bond acceptors (Lipinski definition) is 7. The number of aryl methyl sites for hydroxylation is 1. The highest BCUT2D eigenvalue weighted by Crippen LogP contribution is 2.25. The first kappa shape index (κ1) is 21.7. The fraction of sp³-hybridized carbons (Fsp3) is 0.556. The molecule has 29 heavy (non-hydrogen) atoms. The van der Waals surface area contributed by atoms with Crippen molar-refractivity contribution < 1.29 is 17.9 Å². The summed E-state index contributed by atoms with van der Waals surface area (Å²) < 4.78 is 33.9. The second-order valence-corrected chi connectivity index (χ2v) is 9.29. The molecule has 0 bridgehead atoms. The molecule has 0 N–H and O–H groups in total. The predicted octanol–water partition coefficient (Wildman–Crippen LogP) is 2.27. The minimum absolute atomic E-state index is 0.0127. The molecule has 1 aromatic heterocycles. The minimum atomic E-state index is -3.60. The van der Waals surface area contributed by atoms with Crippen LogP contribution >= 0.6 is 11.6 Å². The highest BCUT2D eigenvalue weighted by Gasteiger charge is 2.33. The molecule has 1 saturated heterocycles. The fourth-order valence-electron chi connectivity index (χ4n) is 3.15. The molecule has 1 aliphatic heterocycles. The Hall–Kier alpha value is -2.04. The van der Waals surface area contributed by atoms with Crippen LogP contribution in [0.1, 0.15) is 38.4 Å². The van der Waals surface area contributed by atoms with Crippen LogP contribution in [0.4, 0.5) is 0 Å². The molecule has 3 rings (SSSR count). The van der Waals surface area contributed by atoms with Crippen molar-refractivity contribution in [3.8, 4) is 0 Å². The standard InChI is InChI=1S/C18H24ClN5O4S/c1-2-3-10-24-17(20-21-22-24)13-28-18(25)14-8-11-23(12-9-14)29(26,27)16-6-4-15(19)5-7-16/h4-7,14H,2-3,8-13H2,1H3. The van der Waals surface area contributed by atoms with Crippen LogP contribution in [0, 0.1) is 5.92 Å². The molecule has 2 heterocycles. The van der Waals surface area contributed by atoms with E-state index in [9.17, 15) is 13.2 Å². The summed E-state index contributed by atoms with van der Waals surface area (Å²) in [5.41, 5.74) is 0. The molecular formula is C18H24ClN5O4S. The monoisotopic (exact) mass is 441 g/mol. The summed E-state index contributed by atoms with van der Waals surface area (Å²) in [6, 6.07) is 6.07. The van der Waals surface area contributed by atoms with Gasteiger partial charge in [-0.15, -0.1) is 5.10 Å². The number of tetrazole rings is 1. The van der Waals surface area contributed by atoms with E-state index in [4.69, 9.17) is 16.3 Å². The van der Waals surface area contributed by atoms with Crippen LogP contribution in [0.25, 0.3) is 0 Å². The van der Waals surface area contributed by atoms with Gasteiger partial charge in [0.2, 0.25) is 10.0 Å². The van der Waals surface area contributed by atoms with E-state index < -0.39 is 10.0 Å². The lowest BCUT2D eigenvalue weighted by molar-refractivity contribution is -0.151. The first-order valence-electron chi connectivity index (χ1n) is 9.59. The summed E-state index contributed by atoms with van der Waals surface area (Å²) in [6.45, 7) is 3.29.